The molecule has 0 fully saturated rings. The van der Waals surface area contributed by atoms with Crippen molar-refractivity contribution in [3.05, 3.63) is 0 Å². The molecule has 0 heterocycles. The lowest BCUT2D eigenvalue weighted by molar-refractivity contribution is -0.368. The number of halogens is 1. The summed E-state index contributed by atoms with van der Waals surface area (Å²) in [4.78, 5) is 21.0. The van der Waals surface area contributed by atoms with Gasteiger partial charge in [0.05, 0.1) is 12.5 Å². The van der Waals surface area contributed by atoms with Gasteiger partial charge in [0.15, 0.2) is 0 Å². The Labute approximate surface area is 155 Å². The number of carbonyl (C=O) groups is 2. The highest BCUT2D eigenvalue weighted by Crippen LogP contribution is 2.14. The van der Waals surface area contributed by atoms with Crippen LogP contribution in [0.5, 0.6) is 0 Å². The molecule has 0 aromatic carbocycles. The van der Waals surface area contributed by atoms with Crippen LogP contribution in [0.4, 0.5) is 0 Å². The van der Waals surface area contributed by atoms with Crippen molar-refractivity contribution < 1.29 is 27.7 Å². The van der Waals surface area contributed by atoms with Crippen LogP contribution in [-0.4, -0.2) is 19.1 Å². The fraction of sp³-hybridized carbons (Fsp3) is 0.900. The van der Waals surface area contributed by atoms with Crippen LogP contribution < -0.4 is 18.1 Å². The zero-order valence-electron chi connectivity index (χ0n) is 15.7. The molecule has 0 radical (unpaired) electrons. The summed E-state index contributed by atoms with van der Waals surface area (Å²) in [6, 6.07) is 0. The van der Waals surface area contributed by atoms with Crippen molar-refractivity contribution in [1.29, 1.82) is 0 Å². The van der Waals surface area contributed by atoms with E-state index in [1.807, 2.05) is 0 Å². The number of hydrogen-bond donors (Lipinski definition) is 1. The predicted molar refractivity (Wildman–Crippen MR) is 97.2 cm³/mol. The van der Waals surface area contributed by atoms with Crippen LogP contribution in [0.15, 0.2) is 0 Å². The van der Waals surface area contributed by atoms with Crippen LogP contribution in [0.2, 0.25) is 0 Å². The maximum atomic E-state index is 10.5. The first kappa shape index (κ1) is 25.8. The minimum atomic E-state index is -0.362. The molecule has 0 saturated carbocycles. The molecule has 0 rings (SSSR count). The van der Waals surface area contributed by atoms with Gasteiger partial charge >= 0.3 is 0 Å². The molecule has 3 N–H and O–H groups in total. The van der Waals surface area contributed by atoms with E-state index in [2.05, 4.69) is 5.73 Å². The zero-order valence-corrected chi connectivity index (χ0v) is 16.4. The molecule has 0 spiro atoms. The van der Waals surface area contributed by atoms with E-state index in [0.717, 1.165) is 38.4 Å². The maximum absolute atomic E-state index is 10.5. The van der Waals surface area contributed by atoms with E-state index in [4.69, 9.17) is 0 Å². The number of rotatable bonds is 19. The van der Waals surface area contributed by atoms with Gasteiger partial charge in [-0.15, -0.1) is 0 Å². The molecule has 0 saturated heterocycles. The lowest BCUT2D eigenvalue weighted by Crippen LogP contribution is -3.00. The molecular formula is C20H40ClNO2. The fourth-order valence-corrected chi connectivity index (χ4v) is 3.02. The predicted octanol–water partition coefficient (Wildman–Crippen LogP) is 1.49. The van der Waals surface area contributed by atoms with Crippen LogP contribution in [0.1, 0.15) is 103 Å². The number of aldehydes is 2. The third kappa shape index (κ3) is 19.6. The molecule has 0 aliphatic heterocycles. The third-order valence-corrected chi connectivity index (χ3v) is 4.64. The highest BCUT2D eigenvalue weighted by atomic mass is 35.5. The Morgan fingerprint density at radius 1 is 0.542 bits per heavy atom. The lowest BCUT2D eigenvalue weighted by Gasteiger charge is -2.04. The van der Waals surface area contributed by atoms with Crippen molar-refractivity contribution >= 4 is 12.6 Å². The van der Waals surface area contributed by atoms with Gasteiger partial charge in [-0.1, -0.05) is 83.5 Å². The number of quaternary nitrogens is 1. The van der Waals surface area contributed by atoms with Crippen molar-refractivity contribution in [2.45, 2.75) is 103 Å². The molecular weight excluding hydrogens is 322 g/mol. The smallest absolute Gasteiger partial charge is 0.130 e. The minimum Gasteiger partial charge on any atom is -1.00 e. The van der Waals surface area contributed by atoms with Gasteiger partial charge in [-0.2, -0.15) is 0 Å². The first-order valence-corrected chi connectivity index (χ1v) is 10.0. The summed E-state index contributed by atoms with van der Waals surface area (Å²) in [7, 11) is 0. The molecule has 0 bridgehead atoms. The molecule has 4 heteroatoms. The van der Waals surface area contributed by atoms with E-state index >= 15 is 0 Å². The van der Waals surface area contributed by atoms with Gasteiger partial charge in [0.1, 0.15) is 12.6 Å². The van der Waals surface area contributed by atoms with Gasteiger partial charge in [-0.05, 0) is 19.3 Å². The van der Waals surface area contributed by atoms with Crippen molar-refractivity contribution in [3.63, 3.8) is 0 Å². The first-order chi connectivity index (χ1) is 11.3. The Hall–Kier alpha value is -0.410. The molecule has 0 unspecified atom stereocenters. The van der Waals surface area contributed by atoms with Crippen LogP contribution in [0.3, 0.4) is 0 Å². The zero-order chi connectivity index (χ0) is 17.0. The van der Waals surface area contributed by atoms with Gasteiger partial charge in [-0.25, -0.2) is 0 Å². The van der Waals surface area contributed by atoms with Gasteiger partial charge < -0.3 is 27.7 Å². The van der Waals surface area contributed by atoms with Crippen molar-refractivity contribution in [3.8, 4) is 0 Å². The molecule has 3 nitrogen and oxygen atoms in total. The average Bonchev–Trinajstić information content (AvgIpc) is 2.58. The summed E-state index contributed by atoms with van der Waals surface area (Å²) in [5, 5.41) is 0. The quantitative estimate of drug-likeness (QED) is 0.215. The number of hydrogen-bond acceptors (Lipinski definition) is 2. The second-order valence-corrected chi connectivity index (χ2v) is 6.88. The number of unbranched alkanes of at least 4 members (excludes halogenated alkanes) is 14. The molecule has 0 aromatic heterocycles. The van der Waals surface area contributed by atoms with Crippen molar-refractivity contribution in [2.24, 2.45) is 5.92 Å². The lowest BCUT2D eigenvalue weighted by atomic mass is 10.0. The van der Waals surface area contributed by atoms with E-state index in [1.165, 1.54) is 83.5 Å². The third-order valence-electron chi connectivity index (χ3n) is 4.64. The Kier molecular flexibility index (Phi) is 24.3. The van der Waals surface area contributed by atoms with Gasteiger partial charge in [-0.3, -0.25) is 0 Å². The van der Waals surface area contributed by atoms with Crippen LogP contribution in [0.25, 0.3) is 0 Å². The summed E-state index contributed by atoms with van der Waals surface area (Å²) >= 11 is 0. The summed E-state index contributed by atoms with van der Waals surface area (Å²) in [5.41, 5.74) is 3.88. The largest absolute Gasteiger partial charge is 1.00 e. The number of carbonyl (C=O) groups excluding carboxylic acids is 2. The monoisotopic (exact) mass is 361 g/mol. The maximum Gasteiger partial charge on any atom is 0.130 e. The summed E-state index contributed by atoms with van der Waals surface area (Å²) in [5.74, 6) is -0.362. The van der Waals surface area contributed by atoms with E-state index in [0.29, 0.717) is 0 Å². The molecule has 0 aliphatic rings. The Balaban J connectivity index is 0. The average molecular weight is 362 g/mol. The van der Waals surface area contributed by atoms with E-state index in [9.17, 15) is 9.59 Å². The minimum absolute atomic E-state index is 0. The Morgan fingerprint density at radius 3 is 1.12 bits per heavy atom. The fourth-order valence-electron chi connectivity index (χ4n) is 3.02. The normalized spacial score (nSPS) is 10.6. The molecule has 0 amide bonds. The Bertz CT molecular complexity index is 254. The van der Waals surface area contributed by atoms with E-state index in [1.54, 1.807) is 0 Å². The first-order valence-electron chi connectivity index (χ1n) is 10.0. The molecule has 0 aliphatic carbocycles. The highest BCUT2D eigenvalue weighted by Gasteiger charge is 2.03. The molecule has 144 valence electrons. The van der Waals surface area contributed by atoms with Crippen molar-refractivity contribution in [1.82, 2.24) is 0 Å². The van der Waals surface area contributed by atoms with Crippen LogP contribution in [-0.2, 0) is 9.59 Å². The SMILES string of the molecule is [Cl-].[NH3+]CCCCCCCCCCCCCCCCCC(C=O)C=O. The van der Waals surface area contributed by atoms with Gasteiger partial charge in [0.25, 0.3) is 0 Å². The van der Waals surface area contributed by atoms with Crippen LogP contribution >= 0.6 is 0 Å². The summed E-state index contributed by atoms with van der Waals surface area (Å²) in [6.45, 7) is 1.10. The molecule has 24 heavy (non-hydrogen) atoms. The van der Waals surface area contributed by atoms with Crippen molar-refractivity contribution in [2.75, 3.05) is 6.54 Å². The highest BCUT2D eigenvalue weighted by molar-refractivity contribution is 5.77. The standard InChI is InChI=1S/C20H39NO2.ClH/c21-17-15-13-11-9-7-5-3-1-2-4-6-8-10-12-14-16-20(18-22)19-23;/h18-20H,1-17,21H2;1H. The molecule has 0 aromatic rings. The molecule has 0 atom stereocenters. The second-order valence-electron chi connectivity index (χ2n) is 6.88. The van der Waals surface area contributed by atoms with E-state index < -0.39 is 0 Å². The van der Waals surface area contributed by atoms with Crippen LogP contribution in [0, 0.1) is 5.92 Å². The van der Waals surface area contributed by atoms with Gasteiger partial charge in [0, 0.05) is 0 Å². The second kappa shape index (κ2) is 22.6. The van der Waals surface area contributed by atoms with E-state index in [-0.39, 0.29) is 18.3 Å². The summed E-state index contributed by atoms with van der Waals surface area (Å²) < 4.78 is 0. The Morgan fingerprint density at radius 2 is 0.833 bits per heavy atom. The topological polar surface area (TPSA) is 61.8 Å². The summed E-state index contributed by atoms with van der Waals surface area (Å²) in [6.07, 6.45) is 22.2. The van der Waals surface area contributed by atoms with Gasteiger partial charge in [0.2, 0.25) is 0 Å².